The van der Waals surface area contributed by atoms with Gasteiger partial charge in [-0.1, -0.05) is 50.2 Å². The second kappa shape index (κ2) is 12.1. The first-order chi connectivity index (χ1) is 20.3. The molecule has 0 saturated heterocycles. The van der Waals surface area contributed by atoms with Crippen molar-refractivity contribution in [2.45, 2.75) is 33.3 Å². The molecule has 0 aliphatic rings. The maximum Gasteiger partial charge on any atom is 0.335 e. The van der Waals surface area contributed by atoms with E-state index in [1.807, 2.05) is 55.5 Å². The number of carboxylic acid groups (broad SMARTS) is 1. The van der Waals surface area contributed by atoms with Gasteiger partial charge in [0.1, 0.15) is 18.1 Å². The first-order valence-electron chi connectivity index (χ1n) is 13.6. The zero-order chi connectivity index (χ0) is 29.8. The molecule has 0 fully saturated rings. The maximum absolute atomic E-state index is 13.8. The van der Waals surface area contributed by atoms with Crippen molar-refractivity contribution in [1.82, 2.24) is 9.66 Å². The Bertz CT molecular complexity index is 1860. The monoisotopic (exact) mass is 561 g/mol. The molecule has 1 N–H and O–H groups in total. The Kier molecular flexibility index (Phi) is 8.15. The fourth-order valence-corrected chi connectivity index (χ4v) is 4.72. The summed E-state index contributed by atoms with van der Waals surface area (Å²) in [6, 6.07) is 25.1. The molecule has 5 aromatic rings. The standard InChI is InChI=1S/C34H31N3O5/c1-21(2)27-18-28(22(3)17-31(27)41-4)32-36-29-11-7-6-10-26(29)33(38)37(32)35-19-25-9-5-8-12-30(25)42-20-23-13-15-24(16-14-23)34(39)40/h5-19,21H,20H2,1-4H3,(H,39,40). The summed E-state index contributed by atoms with van der Waals surface area (Å²) < 4.78 is 13.0. The van der Waals surface area contributed by atoms with Crippen LogP contribution >= 0.6 is 0 Å². The average Bonchev–Trinajstić information content (AvgIpc) is 2.99. The quantitative estimate of drug-likeness (QED) is 0.202. The third-order valence-corrected chi connectivity index (χ3v) is 7.02. The van der Waals surface area contributed by atoms with Crippen molar-refractivity contribution in [2.75, 3.05) is 7.11 Å². The molecule has 5 rings (SSSR count). The van der Waals surface area contributed by atoms with E-state index in [9.17, 15) is 9.59 Å². The lowest BCUT2D eigenvalue weighted by Crippen LogP contribution is -2.21. The van der Waals surface area contributed by atoms with Gasteiger partial charge in [0.2, 0.25) is 0 Å². The van der Waals surface area contributed by atoms with Crippen LogP contribution in [-0.2, 0) is 6.61 Å². The number of aromatic carboxylic acids is 1. The van der Waals surface area contributed by atoms with E-state index < -0.39 is 5.97 Å². The Labute approximate surface area is 243 Å². The van der Waals surface area contributed by atoms with Crippen molar-refractivity contribution in [1.29, 1.82) is 0 Å². The summed E-state index contributed by atoms with van der Waals surface area (Å²) in [6.07, 6.45) is 1.59. The van der Waals surface area contributed by atoms with Gasteiger partial charge in [-0.15, -0.1) is 0 Å². The van der Waals surface area contributed by atoms with Crippen LogP contribution < -0.4 is 15.0 Å². The summed E-state index contributed by atoms with van der Waals surface area (Å²) in [6.45, 7) is 6.38. The summed E-state index contributed by atoms with van der Waals surface area (Å²) >= 11 is 0. The van der Waals surface area contributed by atoms with Gasteiger partial charge in [-0.05, 0) is 78.1 Å². The number of rotatable bonds is 9. The van der Waals surface area contributed by atoms with Crippen LogP contribution in [0.3, 0.4) is 0 Å². The largest absolute Gasteiger partial charge is 0.496 e. The highest BCUT2D eigenvalue weighted by Crippen LogP contribution is 2.34. The number of methoxy groups -OCH3 is 1. The molecule has 0 unspecified atom stereocenters. The zero-order valence-electron chi connectivity index (χ0n) is 23.9. The molecular formula is C34H31N3O5. The summed E-state index contributed by atoms with van der Waals surface area (Å²) in [5.41, 5.74) is 4.69. The number of para-hydroxylation sites is 2. The van der Waals surface area contributed by atoms with E-state index in [1.54, 1.807) is 49.7 Å². The highest BCUT2D eigenvalue weighted by Gasteiger charge is 2.18. The number of aryl methyl sites for hydroxylation is 1. The highest BCUT2D eigenvalue weighted by molar-refractivity contribution is 5.87. The van der Waals surface area contributed by atoms with Crippen LogP contribution in [0.25, 0.3) is 22.3 Å². The third-order valence-electron chi connectivity index (χ3n) is 7.02. The predicted octanol–water partition coefficient (Wildman–Crippen LogP) is 6.66. The number of aromatic nitrogens is 2. The van der Waals surface area contributed by atoms with Crippen molar-refractivity contribution in [3.05, 3.63) is 123 Å². The van der Waals surface area contributed by atoms with E-state index in [4.69, 9.17) is 19.6 Å². The van der Waals surface area contributed by atoms with Crippen molar-refractivity contribution in [3.8, 4) is 22.9 Å². The van der Waals surface area contributed by atoms with Gasteiger partial charge in [0.15, 0.2) is 5.82 Å². The van der Waals surface area contributed by atoms with Crippen LogP contribution in [0.5, 0.6) is 11.5 Å². The van der Waals surface area contributed by atoms with E-state index in [2.05, 4.69) is 18.9 Å². The van der Waals surface area contributed by atoms with Crippen LogP contribution in [0.4, 0.5) is 0 Å². The maximum atomic E-state index is 13.8. The van der Waals surface area contributed by atoms with Gasteiger partial charge in [-0.3, -0.25) is 4.79 Å². The van der Waals surface area contributed by atoms with Gasteiger partial charge in [0, 0.05) is 11.1 Å². The molecule has 0 radical (unpaired) electrons. The second-order valence-corrected chi connectivity index (χ2v) is 10.2. The van der Waals surface area contributed by atoms with Gasteiger partial charge in [-0.25, -0.2) is 9.78 Å². The number of nitrogens with zero attached hydrogens (tertiary/aromatic N) is 3. The van der Waals surface area contributed by atoms with Gasteiger partial charge in [0.25, 0.3) is 5.56 Å². The molecule has 42 heavy (non-hydrogen) atoms. The highest BCUT2D eigenvalue weighted by atomic mass is 16.5. The molecule has 0 aliphatic heterocycles. The van der Waals surface area contributed by atoms with Gasteiger partial charge >= 0.3 is 5.97 Å². The minimum Gasteiger partial charge on any atom is -0.496 e. The third kappa shape index (κ3) is 5.78. The predicted molar refractivity (Wildman–Crippen MR) is 164 cm³/mol. The van der Waals surface area contributed by atoms with Crippen LogP contribution in [0, 0.1) is 6.92 Å². The average molecular weight is 562 g/mol. The summed E-state index contributed by atoms with van der Waals surface area (Å²) in [7, 11) is 1.65. The van der Waals surface area contributed by atoms with Crippen LogP contribution in [0.1, 0.15) is 52.4 Å². The molecule has 0 spiro atoms. The normalized spacial score (nSPS) is 11.4. The van der Waals surface area contributed by atoms with Gasteiger partial charge < -0.3 is 14.6 Å². The lowest BCUT2D eigenvalue weighted by molar-refractivity contribution is 0.0697. The Morgan fingerprint density at radius 3 is 2.43 bits per heavy atom. The number of benzene rings is 4. The molecule has 0 amide bonds. The first-order valence-corrected chi connectivity index (χ1v) is 13.6. The van der Waals surface area contributed by atoms with Crippen molar-refractivity contribution in [2.24, 2.45) is 5.10 Å². The van der Waals surface area contributed by atoms with Crippen molar-refractivity contribution in [3.63, 3.8) is 0 Å². The minimum atomic E-state index is -0.980. The van der Waals surface area contributed by atoms with Crippen LogP contribution in [0.2, 0.25) is 0 Å². The summed E-state index contributed by atoms with van der Waals surface area (Å²) in [4.78, 5) is 29.8. The fraction of sp³-hybridized carbons (Fsp3) is 0.176. The molecule has 0 saturated carbocycles. The molecule has 1 heterocycles. The number of ether oxygens (including phenoxy) is 2. The smallest absolute Gasteiger partial charge is 0.335 e. The fourth-order valence-electron chi connectivity index (χ4n) is 4.72. The molecule has 1 aromatic heterocycles. The van der Waals surface area contributed by atoms with E-state index in [1.165, 1.54) is 4.68 Å². The lowest BCUT2D eigenvalue weighted by Gasteiger charge is -2.17. The van der Waals surface area contributed by atoms with Crippen molar-refractivity contribution < 1.29 is 19.4 Å². The summed E-state index contributed by atoms with van der Waals surface area (Å²) in [5, 5.41) is 14.2. The Hall–Kier alpha value is -5.24. The van der Waals surface area contributed by atoms with Gasteiger partial charge in [0.05, 0.1) is 29.8 Å². The molecule has 4 aromatic carbocycles. The van der Waals surface area contributed by atoms with E-state index in [0.29, 0.717) is 28.0 Å². The van der Waals surface area contributed by atoms with E-state index >= 15 is 0 Å². The SMILES string of the molecule is COc1cc(C)c(-c2nc3ccccc3c(=O)n2N=Cc2ccccc2OCc2ccc(C(=O)O)cc2)cc1C(C)C. The molecule has 212 valence electrons. The number of fused-ring (bicyclic) bond motifs is 1. The van der Waals surface area contributed by atoms with Crippen molar-refractivity contribution >= 4 is 23.1 Å². The number of hydrogen-bond donors (Lipinski definition) is 1. The molecule has 8 heteroatoms. The van der Waals surface area contributed by atoms with Gasteiger partial charge in [-0.2, -0.15) is 9.78 Å². The number of carboxylic acids is 1. The first kappa shape index (κ1) is 28.3. The number of carbonyl (C=O) groups is 1. The number of hydrogen-bond acceptors (Lipinski definition) is 6. The second-order valence-electron chi connectivity index (χ2n) is 10.2. The van der Waals surface area contributed by atoms with E-state index in [-0.39, 0.29) is 23.6 Å². The molecule has 0 atom stereocenters. The molecule has 0 bridgehead atoms. The van der Waals surface area contributed by atoms with Crippen LogP contribution in [-0.4, -0.2) is 34.1 Å². The zero-order valence-corrected chi connectivity index (χ0v) is 23.9. The Balaban J connectivity index is 1.57. The van der Waals surface area contributed by atoms with Crippen LogP contribution in [0.15, 0.2) is 94.8 Å². The lowest BCUT2D eigenvalue weighted by atomic mass is 9.96. The van der Waals surface area contributed by atoms with E-state index in [0.717, 1.165) is 28.0 Å². The molecule has 0 aliphatic carbocycles. The molecular weight excluding hydrogens is 530 g/mol. The minimum absolute atomic E-state index is 0.188. The molecule has 8 nitrogen and oxygen atoms in total. The Morgan fingerprint density at radius 2 is 1.71 bits per heavy atom. The topological polar surface area (TPSA) is 103 Å². The Morgan fingerprint density at radius 1 is 1.00 bits per heavy atom. The summed E-state index contributed by atoms with van der Waals surface area (Å²) in [5.74, 6) is 0.983.